The Bertz CT molecular complexity index is 888. The topological polar surface area (TPSA) is 62.7 Å². The molecule has 0 radical (unpaired) electrons. The van der Waals surface area contributed by atoms with Crippen LogP contribution in [0.25, 0.3) is 0 Å². The molecular formula is C25H33N3O3. The SMILES string of the molecule is CC(C)CN(C(=O)OC(C)(C)C)c1ccc(C2CCCN2C(=O)c2ccccc2)cn1. The first kappa shape index (κ1) is 22.8. The van der Waals surface area contributed by atoms with Gasteiger partial charge in [0, 0.05) is 24.8 Å². The molecule has 1 aromatic heterocycles. The number of carbonyl (C=O) groups excluding carboxylic acids is 2. The number of aromatic nitrogens is 1. The van der Waals surface area contributed by atoms with Crippen LogP contribution in [0.1, 0.15) is 69.4 Å². The van der Waals surface area contributed by atoms with E-state index in [1.807, 2.05) is 68.1 Å². The zero-order valence-electron chi connectivity index (χ0n) is 19.2. The van der Waals surface area contributed by atoms with Crippen molar-refractivity contribution in [1.29, 1.82) is 0 Å². The Labute approximate surface area is 185 Å². The summed E-state index contributed by atoms with van der Waals surface area (Å²) in [6.07, 6.45) is 3.25. The van der Waals surface area contributed by atoms with Gasteiger partial charge < -0.3 is 9.64 Å². The zero-order valence-corrected chi connectivity index (χ0v) is 19.2. The Kier molecular flexibility index (Phi) is 6.98. The molecule has 1 aliphatic heterocycles. The smallest absolute Gasteiger partial charge is 0.416 e. The molecule has 6 nitrogen and oxygen atoms in total. The van der Waals surface area contributed by atoms with E-state index in [9.17, 15) is 9.59 Å². The van der Waals surface area contributed by atoms with Gasteiger partial charge in [0.05, 0.1) is 6.04 Å². The number of hydrogen-bond donors (Lipinski definition) is 0. The highest BCUT2D eigenvalue weighted by Gasteiger charge is 2.31. The summed E-state index contributed by atoms with van der Waals surface area (Å²) in [5.41, 5.74) is 1.11. The third-order valence-corrected chi connectivity index (χ3v) is 5.13. The van der Waals surface area contributed by atoms with E-state index >= 15 is 0 Å². The molecule has 0 aliphatic carbocycles. The van der Waals surface area contributed by atoms with Gasteiger partial charge in [-0.1, -0.05) is 38.1 Å². The maximum Gasteiger partial charge on any atom is 0.416 e. The third-order valence-electron chi connectivity index (χ3n) is 5.13. The van der Waals surface area contributed by atoms with E-state index in [4.69, 9.17) is 4.74 Å². The molecule has 1 atom stereocenters. The molecule has 6 heteroatoms. The minimum atomic E-state index is -0.575. The Morgan fingerprint density at radius 3 is 2.45 bits per heavy atom. The Morgan fingerprint density at radius 2 is 1.87 bits per heavy atom. The largest absolute Gasteiger partial charge is 0.443 e. The first-order chi connectivity index (χ1) is 14.7. The van der Waals surface area contributed by atoms with E-state index in [2.05, 4.69) is 18.8 Å². The predicted octanol–water partition coefficient (Wildman–Crippen LogP) is 5.46. The molecule has 0 bridgehead atoms. The van der Waals surface area contributed by atoms with Crippen LogP contribution >= 0.6 is 0 Å². The fourth-order valence-corrected chi connectivity index (χ4v) is 3.80. The van der Waals surface area contributed by atoms with Gasteiger partial charge in [-0.2, -0.15) is 0 Å². The van der Waals surface area contributed by atoms with Crippen molar-refractivity contribution in [1.82, 2.24) is 9.88 Å². The molecule has 0 spiro atoms. The lowest BCUT2D eigenvalue weighted by Gasteiger charge is -2.28. The molecule has 1 fully saturated rings. The maximum absolute atomic E-state index is 13.0. The molecule has 2 amide bonds. The van der Waals surface area contributed by atoms with E-state index in [0.717, 1.165) is 24.9 Å². The van der Waals surface area contributed by atoms with E-state index in [1.165, 1.54) is 0 Å². The monoisotopic (exact) mass is 423 g/mol. The van der Waals surface area contributed by atoms with Crippen LogP contribution in [-0.2, 0) is 4.74 Å². The lowest BCUT2D eigenvalue weighted by molar-refractivity contribution is 0.0574. The minimum absolute atomic E-state index is 0.00525. The van der Waals surface area contributed by atoms with Gasteiger partial charge in [-0.05, 0) is 63.3 Å². The zero-order chi connectivity index (χ0) is 22.6. The highest BCUT2D eigenvalue weighted by molar-refractivity contribution is 5.94. The number of hydrogen-bond acceptors (Lipinski definition) is 4. The van der Waals surface area contributed by atoms with Crippen molar-refractivity contribution in [3.8, 4) is 0 Å². The number of amides is 2. The number of carbonyl (C=O) groups is 2. The second-order valence-corrected chi connectivity index (χ2v) is 9.46. The molecular weight excluding hydrogens is 390 g/mol. The van der Waals surface area contributed by atoms with Gasteiger partial charge in [0.1, 0.15) is 11.4 Å². The number of anilines is 1. The van der Waals surface area contributed by atoms with E-state index < -0.39 is 11.7 Å². The number of pyridine rings is 1. The van der Waals surface area contributed by atoms with Gasteiger partial charge in [-0.3, -0.25) is 9.69 Å². The van der Waals surface area contributed by atoms with Crippen molar-refractivity contribution >= 4 is 17.8 Å². The maximum atomic E-state index is 13.0. The molecule has 31 heavy (non-hydrogen) atoms. The average Bonchev–Trinajstić information content (AvgIpc) is 3.20. The second kappa shape index (κ2) is 9.50. The predicted molar refractivity (Wildman–Crippen MR) is 122 cm³/mol. The van der Waals surface area contributed by atoms with Crippen LogP contribution in [0.5, 0.6) is 0 Å². The molecule has 0 saturated carbocycles. The molecule has 1 unspecified atom stereocenters. The molecule has 166 valence electrons. The molecule has 1 aliphatic rings. The molecule has 1 aromatic carbocycles. The summed E-state index contributed by atoms with van der Waals surface area (Å²) in [5.74, 6) is 0.871. The summed E-state index contributed by atoms with van der Waals surface area (Å²) < 4.78 is 5.58. The first-order valence-corrected chi connectivity index (χ1v) is 11.0. The van der Waals surface area contributed by atoms with E-state index in [0.29, 0.717) is 17.9 Å². The van der Waals surface area contributed by atoms with Gasteiger partial charge in [0.2, 0.25) is 0 Å². The van der Waals surface area contributed by atoms with Crippen molar-refractivity contribution in [3.63, 3.8) is 0 Å². The Hall–Kier alpha value is -2.89. The van der Waals surface area contributed by atoms with Crippen LogP contribution in [-0.4, -0.2) is 40.6 Å². The van der Waals surface area contributed by atoms with Crippen molar-refractivity contribution in [2.45, 2.75) is 59.1 Å². The van der Waals surface area contributed by atoms with E-state index in [1.54, 1.807) is 11.1 Å². The minimum Gasteiger partial charge on any atom is -0.443 e. The number of nitrogens with zero attached hydrogens (tertiary/aromatic N) is 3. The first-order valence-electron chi connectivity index (χ1n) is 11.0. The number of rotatable bonds is 5. The van der Waals surface area contributed by atoms with Crippen molar-refractivity contribution < 1.29 is 14.3 Å². The molecule has 2 heterocycles. The van der Waals surface area contributed by atoms with Crippen molar-refractivity contribution in [2.75, 3.05) is 18.0 Å². The summed E-state index contributed by atoms with van der Waals surface area (Å²) in [7, 11) is 0. The number of ether oxygens (including phenoxy) is 1. The van der Waals surface area contributed by atoms with Crippen molar-refractivity contribution in [3.05, 3.63) is 59.8 Å². The van der Waals surface area contributed by atoms with E-state index in [-0.39, 0.29) is 17.9 Å². The van der Waals surface area contributed by atoms with Crippen LogP contribution in [0.15, 0.2) is 48.7 Å². The molecule has 3 rings (SSSR count). The van der Waals surface area contributed by atoms with Gasteiger partial charge in [-0.15, -0.1) is 0 Å². The number of likely N-dealkylation sites (tertiary alicyclic amines) is 1. The van der Waals surface area contributed by atoms with Gasteiger partial charge in [0.15, 0.2) is 0 Å². The van der Waals surface area contributed by atoms with Crippen LogP contribution in [0, 0.1) is 5.92 Å². The molecule has 2 aromatic rings. The van der Waals surface area contributed by atoms with Crippen LogP contribution < -0.4 is 4.90 Å². The van der Waals surface area contributed by atoms with Crippen LogP contribution in [0.4, 0.5) is 10.6 Å². The van der Waals surface area contributed by atoms with Gasteiger partial charge in [0.25, 0.3) is 5.91 Å². The Morgan fingerprint density at radius 1 is 1.16 bits per heavy atom. The average molecular weight is 424 g/mol. The fourth-order valence-electron chi connectivity index (χ4n) is 3.80. The number of benzene rings is 1. The third kappa shape index (κ3) is 5.84. The molecule has 0 N–H and O–H groups in total. The van der Waals surface area contributed by atoms with Crippen LogP contribution in [0.2, 0.25) is 0 Å². The highest BCUT2D eigenvalue weighted by Crippen LogP contribution is 2.33. The lowest BCUT2D eigenvalue weighted by Crippen LogP contribution is -2.39. The summed E-state index contributed by atoms with van der Waals surface area (Å²) in [4.78, 5) is 33.8. The lowest BCUT2D eigenvalue weighted by atomic mass is 10.1. The summed E-state index contributed by atoms with van der Waals surface area (Å²) in [6.45, 7) is 10.9. The fraction of sp³-hybridized carbons (Fsp3) is 0.480. The van der Waals surface area contributed by atoms with Gasteiger partial charge >= 0.3 is 6.09 Å². The van der Waals surface area contributed by atoms with Gasteiger partial charge in [-0.25, -0.2) is 9.78 Å². The summed E-state index contributed by atoms with van der Waals surface area (Å²) in [6, 6.07) is 13.2. The normalized spacial score (nSPS) is 16.5. The summed E-state index contributed by atoms with van der Waals surface area (Å²) >= 11 is 0. The Balaban J connectivity index is 1.80. The second-order valence-electron chi connectivity index (χ2n) is 9.46. The standard InChI is InChI=1S/C25H33N3O3/c1-18(2)17-28(24(30)31-25(3,4)5)22-14-13-20(16-26-22)21-12-9-15-27(21)23(29)19-10-7-6-8-11-19/h6-8,10-11,13-14,16,18,21H,9,12,15,17H2,1-5H3. The molecule has 1 saturated heterocycles. The van der Waals surface area contributed by atoms with Crippen LogP contribution in [0.3, 0.4) is 0 Å². The summed E-state index contributed by atoms with van der Waals surface area (Å²) in [5, 5.41) is 0. The quantitative estimate of drug-likeness (QED) is 0.641. The highest BCUT2D eigenvalue weighted by atomic mass is 16.6. The van der Waals surface area contributed by atoms with Crippen molar-refractivity contribution in [2.24, 2.45) is 5.92 Å².